The number of benzene rings is 1. The maximum Gasteiger partial charge on any atom is 0.159 e. The zero-order valence-corrected chi connectivity index (χ0v) is 9.22. The summed E-state index contributed by atoms with van der Waals surface area (Å²) in [6.07, 6.45) is 0.770. The van der Waals surface area contributed by atoms with E-state index in [1.165, 1.54) is 6.07 Å². The second kappa shape index (κ2) is 4.27. The Hall–Kier alpha value is -0.960. The molecule has 15 heavy (non-hydrogen) atoms. The lowest BCUT2D eigenvalue weighted by Gasteiger charge is -2.30. The first-order valence-corrected chi connectivity index (χ1v) is 5.07. The Kier molecular flexibility index (Phi) is 3.45. The molecule has 0 heterocycles. The molecule has 0 amide bonds. The van der Waals surface area contributed by atoms with Crippen molar-refractivity contribution < 1.29 is 13.9 Å². The molecule has 0 aromatic heterocycles. The van der Waals surface area contributed by atoms with Crippen LogP contribution in [0.15, 0.2) is 18.2 Å². The van der Waals surface area contributed by atoms with Crippen LogP contribution < -0.4 is 0 Å². The second-order valence-corrected chi connectivity index (χ2v) is 4.09. The van der Waals surface area contributed by atoms with Crippen LogP contribution in [0.5, 0.6) is 0 Å². The van der Waals surface area contributed by atoms with E-state index in [0.717, 1.165) is 18.6 Å². The molecule has 2 unspecified atom stereocenters. The van der Waals surface area contributed by atoms with Crippen molar-refractivity contribution in [2.45, 2.75) is 32.8 Å². The SMILES string of the molecule is CCC(C)C(C)(O)c1ccc(F)c(F)c1. The van der Waals surface area contributed by atoms with Crippen LogP contribution in [0, 0.1) is 17.6 Å². The lowest BCUT2D eigenvalue weighted by molar-refractivity contribution is -0.000329. The van der Waals surface area contributed by atoms with Gasteiger partial charge in [-0.05, 0) is 30.5 Å². The van der Waals surface area contributed by atoms with E-state index in [2.05, 4.69) is 0 Å². The van der Waals surface area contributed by atoms with Crippen molar-refractivity contribution in [2.24, 2.45) is 5.92 Å². The molecular formula is C12H16F2O. The molecule has 0 aliphatic heterocycles. The van der Waals surface area contributed by atoms with Gasteiger partial charge in [-0.2, -0.15) is 0 Å². The van der Waals surface area contributed by atoms with Gasteiger partial charge in [0.2, 0.25) is 0 Å². The lowest BCUT2D eigenvalue weighted by Crippen LogP contribution is -2.29. The van der Waals surface area contributed by atoms with Crippen LogP contribution in [-0.4, -0.2) is 5.11 Å². The average Bonchev–Trinajstić information content (AvgIpc) is 2.20. The van der Waals surface area contributed by atoms with Crippen molar-refractivity contribution >= 4 is 0 Å². The molecule has 0 aliphatic carbocycles. The fraction of sp³-hybridized carbons (Fsp3) is 0.500. The third kappa shape index (κ3) is 2.34. The summed E-state index contributed by atoms with van der Waals surface area (Å²) >= 11 is 0. The topological polar surface area (TPSA) is 20.2 Å². The monoisotopic (exact) mass is 214 g/mol. The van der Waals surface area contributed by atoms with Crippen LogP contribution >= 0.6 is 0 Å². The van der Waals surface area contributed by atoms with E-state index in [-0.39, 0.29) is 5.92 Å². The summed E-state index contributed by atoms with van der Waals surface area (Å²) in [6.45, 7) is 5.44. The Morgan fingerprint density at radius 3 is 2.40 bits per heavy atom. The average molecular weight is 214 g/mol. The molecule has 0 spiro atoms. The molecule has 1 aromatic rings. The van der Waals surface area contributed by atoms with E-state index in [0.29, 0.717) is 5.56 Å². The van der Waals surface area contributed by atoms with Gasteiger partial charge in [0.1, 0.15) is 0 Å². The molecule has 0 fully saturated rings. The summed E-state index contributed by atoms with van der Waals surface area (Å²) < 4.78 is 25.7. The highest BCUT2D eigenvalue weighted by Gasteiger charge is 2.29. The molecule has 0 saturated heterocycles. The smallest absolute Gasteiger partial charge is 0.159 e. The summed E-state index contributed by atoms with van der Waals surface area (Å²) in [7, 11) is 0. The minimum atomic E-state index is -1.12. The van der Waals surface area contributed by atoms with Gasteiger partial charge in [0, 0.05) is 0 Å². The lowest BCUT2D eigenvalue weighted by atomic mass is 9.82. The van der Waals surface area contributed by atoms with E-state index in [4.69, 9.17) is 0 Å². The van der Waals surface area contributed by atoms with Gasteiger partial charge in [-0.1, -0.05) is 26.3 Å². The normalized spacial score (nSPS) is 17.2. The molecular weight excluding hydrogens is 198 g/mol. The van der Waals surface area contributed by atoms with Gasteiger partial charge in [-0.3, -0.25) is 0 Å². The maximum absolute atomic E-state index is 13.0. The van der Waals surface area contributed by atoms with E-state index in [1.54, 1.807) is 6.92 Å². The summed E-state index contributed by atoms with van der Waals surface area (Å²) in [5.41, 5.74) is -0.709. The summed E-state index contributed by atoms with van der Waals surface area (Å²) in [6, 6.07) is 3.52. The molecule has 1 nitrogen and oxygen atoms in total. The van der Waals surface area contributed by atoms with Gasteiger partial charge < -0.3 is 5.11 Å². The Bertz CT molecular complexity index is 347. The fourth-order valence-corrected chi connectivity index (χ4v) is 1.49. The first-order valence-electron chi connectivity index (χ1n) is 5.07. The number of aliphatic hydroxyl groups is 1. The molecule has 1 rings (SSSR count). The largest absolute Gasteiger partial charge is 0.385 e. The van der Waals surface area contributed by atoms with Crippen molar-refractivity contribution in [3.8, 4) is 0 Å². The Labute approximate surface area is 88.7 Å². The molecule has 0 aliphatic rings. The third-order valence-electron chi connectivity index (χ3n) is 3.08. The zero-order chi connectivity index (χ0) is 11.6. The van der Waals surface area contributed by atoms with Crippen LogP contribution in [0.2, 0.25) is 0 Å². The van der Waals surface area contributed by atoms with Crippen LogP contribution in [0.3, 0.4) is 0 Å². The molecule has 0 saturated carbocycles. The summed E-state index contributed by atoms with van der Waals surface area (Å²) in [5.74, 6) is -1.82. The van der Waals surface area contributed by atoms with E-state index < -0.39 is 17.2 Å². The number of hydrogen-bond acceptors (Lipinski definition) is 1. The quantitative estimate of drug-likeness (QED) is 0.819. The molecule has 84 valence electrons. The van der Waals surface area contributed by atoms with Crippen molar-refractivity contribution in [2.75, 3.05) is 0 Å². The highest BCUT2D eigenvalue weighted by Crippen LogP contribution is 2.31. The third-order valence-corrected chi connectivity index (χ3v) is 3.08. The van der Waals surface area contributed by atoms with Gasteiger partial charge >= 0.3 is 0 Å². The highest BCUT2D eigenvalue weighted by molar-refractivity contribution is 5.24. The second-order valence-electron chi connectivity index (χ2n) is 4.09. The predicted octanol–water partition coefficient (Wildman–Crippen LogP) is 3.22. The van der Waals surface area contributed by atoms with Crippen LogP contribution in [0.25, 0.3) is 0 Å². The van der Waals surface area contributed by atoms with Crippen LogP contribution in [-0.2, 0) is 5.60 Å². The van der Waals surface area contributed by atoms with E-state index in [9.17, 15) is 13.9 Å². The first-order chi connectivity index (χ1) is 6.89. The van der Waals surface area contributed by atoms with Crippen LogP contribution in [0.4, 0.5) is 8.78 Å². The Morgan fingerprint density at radius 1 is 1.33 bits per heavy atom. The van der Waals surface area contributed by atoms with Gasteiger partial charge in [-0.15, -0.1) is 0 Å². The molecule has 2 atom stereocenters. The molecule has 3 heteroatoms. The first kappa shape index (κ1) is 12.1. The predicted molar refractivity (Wildman–Crippen MR) is 55.4 cm³/mol. The molecule has 1 aromatic carbocycles. The van der Waals surface area contributed by atoms with Crippen molar-refractivity contribution in [3.05, 3.63) is 35.4 Å². The van der Waals surface area contributed by atoms with E-state index >= 15 is 0 Å². The van der Waals surface area contributed by atoms with Crippen LogP contribution in [0.1, 0.15) is 32.8 Å². The highest BCUT2D eigenvalue weighted by atomic mass is 19.2. The summed E-state index contributed by atoms with van der Waals surface area (Å²) in [5, 5.41) is 10.2. The Balaban J connectivity index is 3.10. The van der Waals surface area contributed by atoms with Crippen molar-refractivity contribution in [3.63, 3.8) is 0 Å². The van der Waals surface area contributed by atoms with Gasteiger partial charge in [0.25, 0.3) is 0 Å². The number of halogens is 2. The fourth-order valence-electron chi connectivity index (χ4n) is 1.49. The molecule has 1 N–H and O–H groups in total. The maximum atomic E-state index is 13.0. The summed E-state index contributed by atoms with van der Waals surface area (Å²) in [4.78, 5) is 0. The van der Waals surface area contributed by atoms with Gasteiger partial charge in [0.15, 0.2) is 11.6 Å². The molecule has 0 bridgehead atoms. The van der Waals surface area contributed by atoms with Gasteiger partial charge in [0.05, 0.1) is 5.60 Å². The number of hydrogen-bond donors (Lipinski definition) is 1. The zero-order valence-electron chi connectivity index (χ0n) is 9.22. The molecule has 0 radical (unpaired) electrons. The van der Waals surface area contributed by atoms with Crippen molar-refractivity contribution in [1.82, 2.24) is 0 Å². The minimum absolute atomic E-state index is 0.0117. The minimum Gasteiger partial charge on any atom is -0.385 e. The number of rotatable bonds is 3. The Morgan fingerprint density at radius 2 is 1.93 bits per heavy atom. The standard InChI is InChI=1S/C12H16F2O/c1-4-8(2)12(3,15)9-5-6-10(13)11(14)7-9/h5-8,15H,4H2,1-3H3. The van der Waals surface area contributed by atoms with Gasteiger partial charge in [-0.25, -0.2) is 8.78 Å². The van der Waals surface area contributed by atoms with E-state index in [1.807, 2.05) is 13.8 Å². The van der Waals surface area contributed by atoms with Crippen molar-refractivity contribution in [1.29, 1.82) is 0 Å².